The Kier molecular flexibility index (Phi) is 16.8. The van der Waals surface area contributed by atoms with Gasteiger partial charge in [-0.3, -0.25) is 9.97 Å². The molecule has 4 aromatic carbocycles. The van der Waals surface area contributed by atoms with Gasteiger partial charge in [0.1, 0.15) is 36.2 Å². The predicted molar refractivity (Wildman–Crippen MR) is 297 cm³/mol. The number of ether oxygens (including phenoxy) is 4. The third-order valence-electron chi connectivity index (χ3n) is 13.2. The van der Waals surface area contributed by atoms with Gasteiger partial charge in [-0.2, -0.15) is 23.5 Å². The second-order valence-electron chi connectivity index (χ2n) is 23.2. The maximum absolute atomic E-state index is 7.19. The van der Waals surface area contributed by atoms with E-state index in [2.05, 4.69) is 166 Å². The van der Waals surface area contributed by atoms with Gasteiger partial charge in [-0.1, -0.05) is 144 Å². The van der Waals surface area contributed by atoms with E-state index in [1.54, 1.807) is 23.5 Å². The van der Waals surface area contributed by atoms with Crippen molar-refractivity contribution in [2.24, 2.45) is 0 Å². The van der Waals surface area contributed by atoms with E-state index in [9.17, 15) is 0 Å². The number of fused-ring (bicyclic) bond motifs is 8. The van der Waals surface area contributed by atoms with E-state index >= 15 is 0 Å². The summed E-state index contributed by atoms with van der Waals surface area (Å²) in [6.07, 6.45) is 14.2. The molecule has 0 saturated carbocycles. The number of thioether (sulfide) groups is 2. The smallest absolute Gasteiger partial charge is 0.126 e. The molecule has 0 aliphatic heterocycles. The van der Waals surface area contributed by atoms with Crippen molar-refractivity contribution in [1.29, 1.82) is 0 Å². The lowest BCUT2D eigenvalue weighted by molar-refractivity contribution is 0.298. The van der Waals surface area contributed by atoms with Crippen LogP contribution in [0.2, 0.25) is 0 Å². The van der Waals surface area contributed by atoms with E-state index in [0.29, 0.717) is 52.1 Å². The van der Waals surface area contributed by atoms with E-state index in [0.717, 1.165) is 90.1 Å². The molecular formula is C62H78N2O4S2. The summed E-state index contributed by atoms with van der Waals surface area (Å²) in [6, 6.07) is 27.4. The van der Waals surface area contributed by atoms with Gasteiger partial charge in [0.25, 0.3) is 0 Å². The highest BCUT2D eigenvalue weighted by Crippen LogP contribution is 2.45. The van der Waals surface area contributed by atoms with Crippen molar-refractivity contribution in [3.05, 3.63) is 175 Å². The molecule has 2 heterocycles. The van der Waals surface area contributed by atoms with Crippen molar-refractivity contribution in [2.45, 2.75) is 144 Å². The molecule has 70 heavy (non-hydrogen) atoms. The third-order valence-corrected chi connectivity index (χ3v) is 14.4. The van der Waals surface area contributed by atoms with Crippen LogP contribution in [0.15, 0.2) is 97.6 Å². The van der Waals surface area contributed by atoms with Crippen molar-refractivity contribution in [1.82, 2.24) is 9.97 Å². The van der Waals surface area contributed by atoms with E-state index in [1.165, 1.54) is 22.3 Å². The summed E-state index contributed by atoms with van der Waals surface area (Å²) in [4.78, 5) is 8.94. The van der Waals surface area contributed by atoms with Crippen LogP contribution in [-0.2, 0) is 60.6 Å². The molecule has 0 amide bonds. The Labute approximate surface area is 429 Å². The summed E-state index contributed by atoms with van der Waals surface area (Å²) in [5.41, 5.74) is 15.7. The number of rotatable bonds is 14. The number of nitrogens with zero attached hydrogens (tertiary/aromatic N) is 2. The molecule has 0 radical (unpaired) electrons. The number of pyridine rings is 2. The minimum atomic E-state index is -0.141. The van der Waals surface area contributed by atoms with Crippen LogP contribution in [0, 0.1) is 0 Å². The molecule has 0 saturated heterocycles. The molecule has 1 aliphatic carbocycles. The molecule has 8 heteroatoms. The van der Waals surface area contributed by atoms with Gasteiger partial charge in [0.15, 0.2) is 0 Å². The van der Waals surface area contributed by atoms with Crippen LogP contribution in [-0.4, -0.2) is 47.2 Å². The first-order valence-corrected chi connectivity index (χ1v) is 27.8. The van der Waals surface area contributed by atoms with Crippen LogP contribution in [0.3, 0.4) is 0 Å². The van der Waals surface area contributed by atoms with E-state index in [4.69, 9.17) is 18.9 Å². The minimum Gasteiger partial charge on any atom is -0.492 e. The van der Waals surface area contributed by atoms with Gasteiger partial charge >= 0.3 is 0 Å². The van der Waals surface area contributed by atoms with Gasteiger partial charge in [-0.25, -0.2) is 0 Å². The number of hydrogen-bond acceptors (Lipinski definition) is 8. The number of aromatic nitrogens is 2. The maximum Gasteiger partial charge on any atom is 0.126 e. The molecule has 0 fully saturated rings. The van der Waals surface area contributed by atoms with Crippen molar-refractivity contribution in [3.8, 4) is 23.0 Å². The normalized spacial score (nSPS) is 13.2. The van der Waals surface area contributed by atoms with Crippen LogP contribution in [0.5, 0.6) is 23.0 Å². The number of hydrogen-bond donors (Lipinski definition) is 0. The first-order valence-electron chi connectivity index (χ1n) is 25.0. The van der Waals surface area contributed by atoms with E-state index < -0.39 is 0 Å². The fraction of sp³-hybridized carbons (Fsp3) is 0.452. The van der Waals surface area contributed by atoms with Crippen molar-refractivity contribution >= 4 is 23.5 Å². The van der Waals surface area contributed by atoms with Crippen LogP contribution in [0.4, 0.5) is 0 Å². The molecule has 2 aromatic heterocycles. The summed E-state index contributed by atoms with van der Waals surface area (Å²) in [5, 5.41) is 0. The molecule has 6 nitrogen and oxygen atoms in total. The zero-order chi connectivity index (χ0) is 50.4. The van der Waals surface area contributed by atoms with Gasteiger partial charge in [-0.05, 0) is 113 Å². The second-order valence-corrected chi connectivity index (χ2v) is 25.2. The predicted octanol–water partition coefficient (Wildman–Crippen LogP) is 15.0. The Bertz CT molecular complexity index is 2440. The number of benzene rings is 4. The van der Waals surface area contributed by atoms with Gasteiger partial charge in [0.05, 0.1) is 13.2 Å². The Hall–Kier alpha value is -4.92. The highest BCUT2D eigenvalue weighted by Gasteiger charge is 2.29. The maximum atomic E-state index is 7.19. The fourth-order valence-electron chi connectivity index (χ4n) is 9.09. The van der Waals surface area contributed by atoms with Crippen LogP contribution in [0.25, 0.3) is 0 Å². The molecule has 6 aromatic rings. The molecule has 1 aliphatic rings. The summed E-state index contributed by atoms with van der Waals surface area (Å²) in [5.74, 6) is 5.46. The van der Waals surface area contributed by atoms with Crippen molar-refractivity contribution < 1.29 is 18.9 Å². The zero-order valence-electron chi connectivity index (χ0n) is 44.7. The molecule has 372 valence electrons. The average molecular weight is 979 g/mol. The summed E-state index contributed by atoms with van der Waals surface area (Å²) >= 11 is 3.61. The molecule has 0 spiro atoms. The lowest BCUT2D eigenvalue weighted by atomic mass is 9.79. The SMILES string of the molecule is CSCCOc1c2cc(C(C)(C)C)cc1Cc1cc(C(C)(C)C)cc(c1OCc1cccnc1)Cc1cc(C(C)(C)C)cc(c1OCCSC)Cc1cc(C(C)(C)C)cc(c1OCc1cccnc1)C2. The summed E-state index contributed by atoms with van der Waals surface area (Å²) < 4.78 is 28.6. The molecular weight excluding hydrogens is 901 g/mol. The quantitative estimate of drug-likeness (QED) is 0.0999. The van der Waals surface area contributed by atoms with Gasteiger partial charge in [-0.15, -0.1) is 0 Å². The largest absolute Gasteiger partial charge is 0.492 e. The van der Waals surface area contributed by atoms with Gasteiger partial charge < -0.3 is 18.9 Å². The second kappa shape index (κ2) is 22.2. The monoisotopic (exact) mass is 979 g/mol. The Balaban J connectivity index is 1.62. The lowest BCUT2D eigenvalue weighted by Crippen LogP contribution is -2.18. The molecule has 0 N–H and O–H groups in total. The van der Waals surface area contributed by atoms with Crippen molar-refractivity contribution in [3.63, 3.8) is 0 Å². The Morgan fingerprint density at radius 1 is 0.400 bits per heavy atom. The van der Waals surface area contributed by atoms with E-state index in [-0.39, 0.29) is 21.7 Å². The van der Waals surface area contributed by atoms with Crippen LogP contribution >= 0.6 is 23.5 Å². The van der Waals surface area contributed by atoms with Crippen LogP contribution in [0.1, 0.15) is 161 Å². The molecule has 0 unspecified atom stereocenters. The first-order chi connectivity index (χ1) is 33.1. The summed E-state index contributed by atoms with van der Waals surface area (Å²) in [6.45, 7) is 29.8. The fourth-order valence-corrected chi connectivity index (χ4v) is 9.59. The topological polar surface area (TPSA) is 62.7 Å². The van der Waals surface area contributed by atoms with Crippen LogP contribution < -0.4 is 18.9 Å². The highest BCUT2D eigenvalue weighted by atomic mass is 32.2. The highest BCUT2D eigenvalue weighted by molar-refractivity contribution is 7.98. The first kappa shape index (κ1) is 52.9. The lowest BCUT2D eigenvalue weighted by Gasteiger charge is -2.29. The minimum absolute atomic E-state index is 0.140. The molecule has 7 rings (SSSR count). The summed E-state index contributed by atoms with van der Waals surface area (Å²) in [7, 11) is 0. The standard InChI is InChI=1S/C62H78N2O4S2/c1-59(2,3)51-29-43-25-47-33-53(61(7,8)9)35-49(57(47)67-39-41-17-15-19-63-37-41)27-45-31-52(60(4,5)6)32-46(56(45)66-22-24-70-14)28-50-36-54(62(10,11)12)34-48(26-44(30-51)55(43)65-21-23-69-13)58(50)68-40-42-18-16-20-64-38-42/h15-20,29-38H,21-28,39-40H2,1-14H3. The van der Waals surface area contributed by atoms with E-state index in [1.807, 2.05) is 36.9 Å². The Morgan fingerprint density at radius 2 is 0.657 bits per heavy atom. The van der Waals surface area contributed by atoms with Crippen molar-refractivity contribution in [2.75, 3.05) is 37.2 Å². The average Bonchev–Trinajstić information content (AvgIpc) is 3.28. The molecule has 8 bridgehead atoms. The third kappa shape index (κ3) is 13.3. The Morgan fingerprint density at radius 3 is 0.871 bits per heavy atom. The van der Waals surface area contributed by atoms with Gasteiger partial charge in [0.2, 0.25) is 0 Å². The molecule has 0 atom stereocenters. The van der Waals surface area contributed by atoms with Gasteiger partial charge in [0, 0.05) is 73.1 Å². The zero-order valence-corrected chi connectivity index (χ0v) is 46.3.